The number of hydrogen-bond donors (Lipinski definition) is 1. The van der Waals surface area contributed by atoms with Crippen LogP contribution >= 0.6 is 11.6 Å². The molecular weight excluding hydrogens is 272 g/mol. The quantitative estimate of drug-likeness (QED) is 0.774. The van der Waals surface area contributed by atoms with Crippen LogP contribution in [0.3, 0.4) is 0 Å². The van der Waals surface area contributed by atoms with Gasteiger partial charge in [-0.2, -0.15) is 5.10 Å². The van der Waals surface area contributed by atoms with Crippen molar-refractivity contribution >= 4 is 11.6 Å². The van der Waals surface area contributed by atoms with E-state index in [0.717, 1.165) is 28.3 Å². The van der Waals surface area contributed by atoms with Gasteiger partial charge in [-0.3, -0.25) is 5.10 Å². The average Bonchev–Trinajstić information content (AvgIpc) is 2.97. The molecule has 0 fully saturated rings. The number of aromatic amines is 1. The lowest BCUT2D eigenvalue weighted by Crippen LogP contribution is -1.87. The number of aromatic nitrogens is 2. The Balaban J connectivity index is 2.00. The molecule has 20 heavy (non-hydrogen) atoms. The van der Waals surface area contributed by atoms with E-state index in [1.54, 1.807) is 7.11 Å². The maximum Gasteiger partial charge on any atom is 0.128 e. The Bertz CT molecular complexity index is 719. The molecule has 0 unspecified atom stereocenters. The lowest BCUT2D eigenvalue weighted by molar-refractivity contribution is 0.416. The number of nitrogens with zero attached hydrogens (tertiary/aromatic N) is 1. The van der Waals surface area contributed by atoms with Gasteiger partial charge in [-0.25, -0.2) is 0 Å². The molecule has 0 aliphatic heterocycles. The molecule has 0 saturated heterocycles. The van der Waals surface area contributed by atoms with E-state index in [0.29, 0.717) is 5.02 Å². The Morgan fingerprint density at radius 2 is 1.80 bits per heavy atom. The Morgan fingerprint density at radius 3 is 2.55 bits per heavy atom. The standard InChI is InChI=1S/C16H13ClN2O/c1-20-16-5-3-2-4-13(16)15-10-14(18-19-15)11-6-8-12(17)9-7-11/h2-10H,1H3,(H,18,19). The van der Waals surface area contributed by atoms with Crippen LogP contribution in [-0.2, 0) is 0 Å². The lowest BCUT2D eigenvalue weighted by atomic mass is 10.1. The molecule has 0 aliphatic carbocycles. The normalized spacial score (nSPS) is 10.5. The van der Waals surface area contributed by atoms with Crippen LogP contribution in [0.15, 0.2) is 54.6 Å². The first-order chi connectivity index (χ1) is 9.78. The molecule has 0 radical (unpaired) electrons. The fraction of sp³-hybridized carbons (Fsp3) is 0.0625. The second-order valence-electron chi connectivity index (χ2n) is 4.37. The number of hydrogen-bond acceptors (Lipinski definition) is 2. The molecule has 0 saturated carbocycles. The van der Waals surface area contributed by atoms with Crippen LogP contribution in [0.4, 0.5) is 0 Å². The minimum Gasteiger partial charge on any atom is -0.496 e. The van der Waals surface area contributed by atoms with E-state index < -0.39 is 0 Å². The van der Waals surface area contributed by atoms with Crippen molar-refractivity contribution in [3.63, 3.8) is 0 Å². The highest BCUT2D eigenvalue weighted by Gasteiger charge is 2.09. The summed E-state index contributed by atoms with van der Waals surface area (Å²) in [7, 11) is 1.66. The van der Waals surface area contributed by atoms with Gasteiger partial charge in [0.1, 0.15) is 5.75 Å². The van der Waals surface area contributed by atoms with Crippen molar-refractivity contribution in [2.24, 2.45) is 0 Å². The summed E-state index contributed by atoms with van der Waals surface area (Å²) in [4.78, 5) is 0. The molecule has 2 aromatic carbocycles. The monoisotopic (exact) mass is 284 g/mol. The maximum atomic E-state index is 5.90. The molecule has 0 atom stereocenters. The Labute approximate surface area is 122 Å². The van der Waals surface area contributed by atoms with E-state index in [1.165, 1.54) is 0 Å². The number of para-hydroxylation sites is 1. The molecule has 1 N–H and O–H groups in total. The Kier molecular flexibility index (Phi) is 3.44. The van der Waals surface area contributed by atoms with Crippen molar-refractivity contribution in [3.8, 4) is 28.3 Å². The van der Waals surface area contributed by atoms with E-state index in [9.17, 15) is 0 Å². The Hall–Kier alpha value is -2.26. The van der Waals surface area contributed by atoms with Gasteiger partial charge >= 0.3 is 0 Å². The van der Waals surface area contributed by atoms with Crippen molar-refractivity contribution in [1.29, 1.82) is 0 Å². The second-order valence-corrected chi connectivity index (χ2v) is 4.81. The highest BCUT2D eigenvalue weighted by atomic mass is 35.5. The summed E-state index contributed by atoms with van der Waals surface area (Å²) in [5, 5.41) is 8.11. The van der Waals surface area contributed by atoms with Crippen LogP contribution in [0.2, 0.25) is 5.02 Å². The van der Waals surface area contributed by atoms with Gasteiger partial charge in [0, 0.05) is 16.1 Å². The molecule has 100 valence electrons. The predicted molar refractivity (Wildman–Crippen MR) is 81.0 cm³/mol. The summed E-state index contributed by atoms with van der Waals surface area (Å²) >= 11 is 5.90. The molecule has 0 spiro atoms. The van der Waals surface area contributed by atoms with Gasteiger partial charge in [-0.15, -0.1) is 0 Å². The van der Waals surface area contributed by atoms with Crippen molar-refractivity contribution in [3.05, 3.63) is 59.6 Å². The minimum absolute atomic E-state index is 0.717. The van der Waals surface area contributed by atoms with Crippen LogP contribution in [0.25, 0.3) is 22.5 Å². The van der Waals surface area contributed by atoms with Crippen molar-refractivity contribution in [1.82, 2.24) is 10.2 Å². The van der Waals surface area contributed by atoms with Gasteiger partial charge in [-0.05, 0) is 30.3 Å². The molecule has 0 aliphatic rings. The molecule has 4 heteroatoms. The molecule has 1 aromatic heterocycles. The van der Waals surface area contributed by atoms with Crippen molar-refractivity contribution < 1.29 is 4.74 Å². The van der Waals surface area contributed by atoms with Gasteiger partial charge in [0.2, 0.25) is 0 Å². The zero-order chi connectivity index (χ0) is 13.9. The number of halogens is 1. The lowest BCUT2D eigenvalue weighted by Gasteiger charge is -2.05. The SMILES string of the molecule is COc1ccccc1-c1cc(-c2ccc(Cl)cc2)n[nH]1. The zero-order valence-corrected chi connectivity index (χ0v) is 11.7. The summed E-state index contributed by atoms with van der Waals surface area (Å²) in [6.07, 6.45) is 0. The number of methoxy groups -OCH3 is 1. The summed E-state index contributed by atoms with van der Waals surface area (Å²) in [5.74, 6) is 0.818. The predicted octanol–water partition coefficient (Wildman–Crippen LogP) is 4.41. The minimum atomic E-state index is 0.717. The largest absolute Gasteiger partial charge is 0.496 e. The third-order valence-electron chi connectivity index (χ3n) is 3.11. The van der Waals surface area contributed by atoms with Crippen LogP contribution in [-0.4, -0.2) is 17.3 Å². The summed E-state index contributed by atoms with van der Waals surface area (Å²) in [6, 6.07) is 17.5. The zero-order valence-electron chi connectivity index (χ0n) is 10.9. The third kappa shape index (κ3) is 2.40. The van der Waals surface area contributed by atoms with Crippen LogP contribution in [0.1, 0.15) is 0 Å². The number of benzene rings is 2. The van der Waals surface area contributed by atoms with E-state index in [-0.39, 0.29) is 0 Å². The van der Waals surface area contributed by atoms with Gasteiger partial charge in [-0.1, -0.05) is 35.9 Å². The summed E-state index contributed by atoms with van der Waals surface area (Å²) in [5.41, 5.74) is 3.81. The fourth-order valence-corrected chi connectivity index (χ4v) is 2.22. The number of H-pyrrole nitrogens is 1. The van der Waals surface area contributed by atoms with E-state index in [2.05, 4.69) is 10.2 Å². The van der Waals surface area contributed by atoms with E-state index in [4.69, 9.17) is 16.3 Å². The first kappa shape index (κ1) is 12.8. The number of rotatable bonds is 3. The molecule has 3 nitrogen and oxygen atoms in total. The molecule has 0 amide bonds. The topological polar surface area (TPSA) is 37.9 Å². The molecule has 3 rings (SSSR count). The van der Waals surface area contributed by atoms with Crippen molar-refractivity contribution in [2.45, 2.75) is 0 Å². The smallest absolute Gasteiger partial charge is 0.128 e. The molecule has 1 heterocycles. The fourth-order valence-electron chi connectivity index (χ4n) is 2.10. The highest BCUT2D eigenvalue weighted by molar-refractivity contribution is 6.30. The van der Waals surface area contributed by atoms with Gasteiger partial charge in [0.05, 0.1) is 18.5 Å². The Morgan fingerprint density at radius 1 is 1.05 bits per heavy atom. The second kappa shape index (κ2) is 5.39. The first-order valence-electron chi connectivity index (χ1n) is 6.22. The van der Waals surface area contributed by atoms with Crippen LogP contribution in [0.5, 0.6) is 5.75 Å². The number of ether oxygens (including phenoxy) is 1. The summed E-state index contributed by atoms with van der Waals surface area (Å²) in [6.45, 7) is 0. The van der Waals surface area contributed by atoms with E-state index in [1.807, 2.05) is 54.6 Å². The van der Waals surface area contributed by atoms with Gasteiger partial charge < -0.3 is 4.74 Å². The highest BCUT2D eigenvalue weighted by Crippen LogP contribution is 2.30. The van der Waals surface area contributed by atoms with Gasteiger partial charge in [0.15, 0.2) is 0 Å². The average molecular weight is 285 g/mol. The van der Waals surface area contributed by atoms with Crippen LogP contribution < -0.4 is 4.74 Å². The first-order valence-corrected chi connectivity index (χ1v) is 6.60. The number of nitrogens with one attached hydrogen (secondary N) is 1. The maximum absolute atomic E-state index is 5.90. The van der Waals surface area contributed by atoms with Gasteiger partial charge in [0.25, 0.3) is 0 Å². The molecule has 0 bridgehead atoms. The molecular formula is C16H13ClN2O. The van der Waals surface area contributed by atoms with Crippen LogP contribution in [0, 0.1) is 0 Å². The summed E-state index contributed by atoms with van der Waals surface area (Å²) < 4.78 is 5.37. The van der Waals surface area contributed by atoms with Crippen molar-refractivity contribution in [2.75, 3.05) is 7.11 Å². The third-order valence-corrected chi connectivity index (χ3v) is 3.37. The molecule has 3 aromatic rings. The van der Waals surface area contributed by atoms with E-state index >= 15 is 0 Å².